The fraction of sp³-hybridized carbons (Fsp3) is 0.857. The van der Waals surface area contributed by atoms with Crippen LogP contribution in [0.4, 0.5) is 0 Å². The largest absolute Gasteiger partial charge is 0.396 e. The molecule has 0 aromatic rings. The van der Waals surface area contributed by atoms with E-state index < -0.39 is 0 Å². The molecule has 24 heavy (non-hydrogen) atoms. The van der Waals surface area contributed by atoms with E-state index in [2.05, 4.69) is 26.2 Å². The Morgan fingerprint density at radius 3 is 2.46 bits per heavy atom. The van der Waals surface area contributed by atoms with Gasteiger partial charge in [-0.25, -0.2) is 0 Å². The normalized spacial score (nSPS) is 48.9. The predicted octanol–water partition coefficient (Wildman–Crippen LogP) is 3.29. The second-order valence-corrected chi connectivity index (χ2v) is 9.02. The third-order valence-electron chi connectivity index (χ3n) is 8.22. The highest BCUT2D eigenvalue weighted by Gasteiger charge is 2.56. The molecule has 0 heterocycles. The van der Waals surface area contributed by atoms with Crippen molar-refractivity contribution < 1.29 is 15.3 Å². The number of aliphatic hydroxyl groups excluding tert-OH is 3. The lowest BCUT2D eigenvalue weighted by Gasteiger charge is -2.56. The molecule has 3 saturated carbocycles. The number of rotatable bonds is 3. The summed E-state index contributed by atoms with van der Waals surface area (Å²) < 4.78 is 0. The van der Waals surface area contributed by atoms with Crippen LogP contribution in [0.15, 0.2) is 17.9 Å². The van der Waals surface area contributed by atoms with E-state index in [1.807, 2.05) is 0 Å². The second kappa shape index (κ2) is 6.61. The van der Waals surface area contributed by atoms with E-state index in [-0.39, 0.29) is 42.0 Å². The highest BCUT2D eigenvalue weighted by atomic mass is 16.3. The van der Waals surface area contributed by atoms with Gasteiger partial charge in [0.15, 0.2) is 0 Å². The standard InChI is InChI=1S/C21H34O3/c1-4-14-5-6-18-17(13-23)19(8-10-20(14,18)2)21(3)9-7-16(24)11-15(21)12-22/h15-19,22-24H,1,5-13H2,2-3H3/t15-,16+,17?,18?,19?,20-,21?/m1/s1. The molecule has 3 heteroatoms. The molecule has 0 amide bonds. The SMILES string of the molecule is C=C=C1CCC2C(CO)C(C3(C)CC[C@H](O)C[C@@H]3CO)CC[C@]12C. The molecule has 0 spiro atoms. The summed E-state index contributed by atoms with van der Waals surface area (Å²) in [6, 6.07) is 0. The first-order valence-corrected chi connectivity index (χ1v) is 9.70. The van der Waals surface area contributed by atoms with Crippen LogP contribution >= 0.6 is 0 Å². The molecule has 3 aliphatic carbocycles. The van der Waals surface area contributed by atoms with Crippen LogP contribution in [0.2, 0.25) is 0 Å². The minimum Gasteiger partial charge on any atom is -0.396 e. The molecule has 4 unspecified atom stereocenters. The van der Waals surface area contributed by atoms with E-state index in [1.165, 1.54) is 5.57 Å². The lowest BCUT2D eigenvalue weighted by molar-refractivity contribution is -0.104. The van der Waals surface area contributed by atoms with Gasteiger partial charge in [-0.05, 0) is 85.0 Å². The van der Waals surface area contributed by atoms with Crippen molar-refractivity contribution in [3.63, 3.8) is 0 Å². The van der Waals surface area contributed by atoms with Crippen molar-refractivity contribution in [3.8, 4) is 0 Å². The summed E-state index contributed by atoms with van der Waals surface area (Å²) in [4.78, 5) is 0. The highest BCUT2D eigenvalue weighted by molar-refractivity contribution is 5.22. The molecule has 136 valence electrons. The molecule has 0 saturated heterocycles. The van der Waals surface area contributed by atoms with Crippen LogP contribution < -0.4 is 0 Å². The van der Waals surface area contributed by atoms with Crippen molar-refractivity contribution in [2.75, 3.05) is 13.2 Å². The Balaban J connectivity index is 1.91. The van der Waals surface area contributed by atoms with E-state index in [1.54, 1.807) is 0 Å². The Bertz CT molecular complexity index is 523. The van der Waals surface area contributed by atoms with Crippen LogP contribution in [-0.4, -0.2) is 34.6 Å². The van der Waals surface area contributed by atoms with Crippen molar-refractivity contribution in [1.29, 1.82) is 0 Å². The summed E-state index contributed by atoms with van der Waals surface area (Å²) in [6.07, 6.45) is 6.60. The van der Waals surface area contributed by atoms with Crippen molar-refractivity contribution in [3.05, 3.63) is 17.9 Å². The maximum atomic E-state index is 10.3. The van der Waals surface area contributed by atoms with Gasteiger partial charge in [0.1, 0.15) is 0 Å². The zero-order valence-corrected chi connectivity index (χ0v) is 15.3. The third-order valence-corrected chi connectivity index (χ3v) is 8.22. The van der Waals surface area contributed by atoms with Crippen molar-refractivity contribution in [2.45, 2.75) is 64.9 Å². The minimum absolute atomic E-state index is 0.0172. The minimum atomic E-state index is -0.279. The molecule has 3 fully saturated rings. The Labute approximate surface area is 146 Å². The molecule has 7 atom stereocenters. The van der Waals surface area contributed by atoms with Gasteiger partial charge in [0, 0.05) is 13.2 Å². The number of aliphatic hydroxyl groups is 3. The Morgan fingerprint density at radius 2 is 1.83 bits per heavy atom. The summed E-state index contributed by atoms with van der Waals surface area (Å²) in [6.45, 7) is 8.91. The zero-order valence-electron chi connectivity index (χ0n) is 15.3. The van der Waals surface area contributed by atoms with Crippen LogP contribution in [0.5, 0.6) is 0 Å². The van der Waals surface area contributed by atoms with Gasteiger partial charge in [0.05, 0.1) is 6.10 Å². The van der Waals surface area contributed by atoms with E-state index in [0.717, 1.165) is 38.5 Å². The van der Waals surface area contributed by atoms with Gasteiger partial charge >= 0.3 is 0 Å². The van der Waals surface area contributed by atoms with Gasteiger partial charge in [-0.1, -0.05) is 20.4 Å². The van der Waals surface area contributed by atoms with E-state index in [0.29, 0.717) is 18.3 Å². The molecule has 3 aliphatic rings. The molecule has 0 aliphatic heterocycles. The number of hydrogen-bond acceptors (Lipinski definition) is 3. The van der Waals surface area contributed by atoms with E-state index >= 15 is 0 Å². The van der Waals surface area contributed by atoms with Gasteiger partial charge < -0.3 is 15.3 Å². The zero-order chi connectivity index (χ0) is 17.5. The molecule has 3 rings (SSSR count). The van der Waals surface area contributed by atoms with E-state index in [9.17, 15) is 15.3 Å². The Kier molecular flexibility index (Phi) is 5.01. The summed E-state index contributed by atoms with van der Waals surface area (Å²) >= 11 is 0. The molecule has 3 N–H and O–H groups in total. The van der Waals surface area contributed by atoms with Gasteiger partial charge in [-0.15, -0.1) is 5.73 Å². The molecular formula is C21H34O3. The molecule has 3 nitrogen and oxygen atoms in total. The third kappa shape index (κ3) is 2.61. The first kappa shape index (κ1) is 18.2. The maximum absolute atomic E-state index is 10.3. The van der Waals surface area contributed by atoms with Crippen LogP contribution in [-0.2, 0) is 0 Å². The fourth-order valence-electron chi connectivity index (χ4n) is 6.63. The van der Waals surface area contributed by atoms with Crippen molar-refractivity contribution >= 4 is 0 Å². The molecule has 0 bridgehead atoms. The number of hydrogen-bond donors (Lipinski definition) is 3. The average Bonchev–Trinajstić information content (AvgIpc) is 2.92. The van der Waals surface area contributed by atoms with E-state index in [4.69, 9.17) is 0 Å². The second-order valence-electron chi connectivity index (χ2n) is 9.02. The topological polar surface area (TPSA) is 60.7 Å². The van der Waals surface area contributed by atoms with Crippen LogP contribution in [0, 0.1) is 34.5 Å². The molecule has 0 aromatic heterocycles. The quantitative estimate of drug-likeness (QED) is 0.694. The lowest BCUT2D eigenvalue weighted by atomic mass is 9.49. The number of fused-ring (bicyclic) bond motifs is 1. The van der Waals surface area contributed by atoms with Crippen LogP contribution in [0.25, 0.3) is 0 Å². The van der Waals surface area contributed by atoms with Gasteiger partial charge in [0.2, 0.25) is 0 Å². The van der Waals surface area contributed by atoms with Crippen LogP contribution in [0.3, 0.4) is 0 Å². The highest BCUT2D eigenvalue weighted by Crippen LogP contribution is 2.63. The van der Waals surface area contributed by atoms with Gasteiger partial charge in [-0.2, -0.15) is 0 Å². The molecular weight excluding hydrogens is 300 g/mol. The fourth-order valence-corrected chi connectivity index (χ4v) is 6.63. The van der Waals surface area contributed by atoms with Gasteiger partial charge in [0.25, 0.3) is 0 Å². The monoisotopic (exact) mass is 334 g/mol. The average molecular weight is 335 g/mol. The van der Waals surface area contributed by atoms with Gasteiger partial charge in [-0.3, -0.25) is 0 Å². The lowest BCUT2D eigenvalue weighted by Crippen LogP contribution is -2.52. The summed E-state index contributed by atoms with van der Waals surface area (Å²) in [5, 5.41) is 30.3. The smallest absolute Gasteiger partial charge is 0.0544 e. The van der Waals surface area contributed by atoms with Crippen LogP contribution in [0.1, 0.15) is 58.8 Å². The Hall–Kier alpha value is -0.600. The summed E-state index contributed by atoms with van der Waals surface area (Å²) in [5.41, 5.74) is 4.70. The summed E-state index contributed by atoms with van der Waals surface area (Å²) in [5.74, 6) is 1.34. The predicted molar refractivity (Wildman–Crippen MR) is 95.3 cm³/mol. The summed E-state index contributed by atoms with van der Waals surface area (Å²) in [7, 11) is 0. The van der Waals surface area contributed by atoms with Crippen molar-refractivity contribution in [2.24, 2.45) is 34.5 Å². The Morgan fingerprint density at radius 1 is 1.08 bits per heavy atom. The first-order chi connectivity index (χ1) is 11.4. The molecule has 0 radical (unpaired) electrons. The van der Waals surface area contributed by atoms with Crippen molar-refractivity contribution in [1.82, 2.24) is 0 Å². The molecule has 0 aromatic carbocycles. The number of allylic oxidation sites excluding steroid dienone is 1. The first-order valence-electron chi connectivity index (χ1n) is 9.70. The maximum Gasteiger partial charge on any atom is 0.0544 e.